The second-order valence-electron chi connectivity index (χ2n) is 6.30. The van der Waals surface area contributed by atoms with E-state index in [1.165, 1.54) is 20.1 Å². The lowest BCUT2D eigenvalue weighted by Crippen LogP contribution is -2.30. The molecule has 0 bridgehead atoms. The molecule has 0 spiro atoms. The van der Waals surface area contributed by atoms with Gasteiger partial charge in [-0.05, 0) is 44.9 Å². The number of nitrogens with zero attached hydrogens (tertiary/aromatic N) is 2. The normalized spacial score (nSPS) is 11.7. The molecule has 0 radical (unpaired) electrons. The van der Waals surface area contributed by atoms with Gasteiger partial charge in [0.25, 0.3) is 5.91 Å². The smallest absolute Gasteiger partial charge is 0.306 e. The Labute approximate surface area is 158 Å². The molecule has 0 fully saturated rings. The van der Waals surface area contributed by atoms with Crippen molar-refractivity contribution in [2.45, 2.75) is 39.7 Å². The van der Waals surface area contributed by atoms with Gasteiger partial charge in [0.15, 0.2) is 17.6 Å². The topological polar surface area (TPSA) is 103 Å². The Balaban J connectivity index is 1.87. The van der Waals surface area contributed by atoms with E-state index in [0.717, 1.165) is 11.3 Å². The van der Waals surface area contributed by atoms with Crippen molar-refractivity contribution in [3.05, 3.63) is 35.2 Å². The first-order valence-corrected chi connectivity index (χ1v) is 8.59. The molecule has 0 aliphatic carbocycles. The molecule has 1 aromatic heterocycles. The van der Waals surface area contributed by atoms with Gasteiger partial charge >= 0.3 is 5.97 Å². The molecule has 8 heteroatoms. The summed E-state index contributed by atoms with van der Waals surface area (Å²) in [6, 6.07) is 4.93. The lowest BCUT2D eigenvalue weighted by Gasteiger charge is -2.14. The van der Waals surface area contributed by atoms with Crippen LogP contribution in [-0.2, 0) is 27.8 Å². The van der Waals surface area contributed by atoms with Crippen LogP contribution in [0.2, 0.25) is 0 Å². The number of nitrogens with one attached hydrogen (secondary N) is 1. The number of methoxy groups -OCH3 is 1. The Kier molecular flexibility index (Phi) is 6.44. The zero-order chi connectivity index (χ0) is 20.1. The number of hydrogen-bond acceptors (Lipinski definition) is 6. The number of anilines is 1. The third kappa shape index (κ3) is 4.99. The number of esters is 1. The predicted molar refractivity (Wildman–Crippen MR) is 99.8 cm³/mol. The molecule has 2 rings (SSSR count). The van der Waals surface area contributed by atoms with Gasteiger partial charge in [-0.3, -0.25) is 14.3 Å². The number of carbonyl (C=O) groups is 2. The lowest BCUT2D eigenvalue weighted by molar-refractivity contribution is -0.153. The summed E-state index contributed by atoms with van der Waals surface area (Å²) in [4.78, 5) is 24.3. The van der Waals surface area contributed by atoms with E-state index < -0.39 is 18.0 Å². The first kappa shape index (κ1) is 20.3. The van der Waals surface area contributed by atoms with Crippen LogP contribution in [0.15, 0.2) is 18.2 Å². The van der Waals surface area contributed by atoms with Crippen LogP contribution in [0.25, 0.3) is 0 Å². The van der Waals surface area contributed by atoms with Gasteiger partial charge in [-0.25, -0.2) is 0 Å². The standard InChI is InChI=1S/C19H25N3O5/c1-11-18(12(2)22(4)21-11)20-19(25)13(3)27-17(24)9-7-14-6-8-16(26-5)15(23)10-14/h6,8,10,13,23H,7,9H2,1-5H3,(H,20,25). The summed E-state index contributed by atoms with van der Waals surface area (Å²) in [7, 11) is 3.26. The van der Waals surface area contributed by atoms with Crippen molar-refractivity contribution >= 4 is 17.6 Å². The van der Waals surface area contributed by atoms with Gasteiger partial charge in [0.05, 0.1) is 24.2 Å². The summed E-state index contributed by atoms with van der Waals surface area (Å²) < 4.78 is 11.9. The van der Waals surface area contributed by atoms with Gasteiger partial charge in [-0.15, -0.1) is 0 Å². The number of aromatic nitrogens is 2. The fourth-order valence-electron chi connectivity index (χ4n) is 2.63. The first-order valence-electron chi connectivity index (χ1n) is 8.59. The van der Waals surface area contributed by atoms with Gasteiger partial charge in [0, 0.05) is 13.5 Å². The van der Waals surface area contributed by atoms with E-state index in [-0.39, 0.29) is 12.2 Å². The number of rotatable bonds is 7. The number of aromatic hydroxyl groups is 1. The minimum atomic E-state index is -0.930. The molecule has 0 aliphatic rings. The van der Waals surface area contributed by atoms with Crippen LogP contribution >= 0.6 is 0 Å². The van der Waals surface area contributed by atoms with Crippen LogP contribution in [0.4, 0.5) is 5.69 Å². The Morgan fingerprint density at radius 1 is 1.33 bits per heavy atom. The van der Waals surface area contributed by atoms with E-state index in [2.05, 4.69) is 10.4 Å². The van der Waals surface area contributed by atoms with Gasteiger partial charge < -0.3 is 19.9 Å². The SMILES string of the molecule is COc1ccc(CCC(=O)OC(C)C(=O)Nc2c(C)nn(C)c2C)cc1O. The van der Waals surface area contributed by atoms with E-state index in [0.29, 0.717) is 23.6 Å². The van der Waals surface area contributed by atoms with Crippen molar-refractivity contribution < 1.29 is 24.2 Å². The summed E-state index contributed by atoms with van der Waals surface area (Å²) >= 11 is 0. The molecule has 0 saturated carbocycles. The first-order chi connectivity index (χ1) is 12.7. The van der Waals surface area contributed by atoms with E-state index in [1.807, 2.05) is 6.92 Å². The molecule has 0 saturated heterocycles. The zero-order valence-electron chi connectivity index (χ0n) is 16.2. The van der Waals surface area contributed by atoms with Crippen molar-refractivity contribution in [1.29, 1.82) is 0 Å². The highest BCUT2D eigenvalue weighted by Gasteiger charge is 2.20. The van der Waals surface area contributed by atoms with Crippen LogP contribution in [0.5, 0.6) is 11.5 Å². The molecule has 1 heterocycles. The number of aryl methyl sites for hydroxylation is 3. The van der Waals surface area contributed by atoms with Crippen LogP contribution in [0.3, 0.4) is 0 Å². The van der Waals surface area contributed by atoms with Crippen molar-refractivity contribution in [2.24, 2.45) is 7.05 Å². The van der Waals surface area contributed by atoms with Gasteiger partial charge in [0.2, 0.25) is 0 Å². The van der Waals surface area contributed by atoms with Crippen LogP contribution in [-0.4, -0.2) is 40.0 Å². The Morgan fingerprint density at radius 3 is 2.59 bits per heavy atom. The summed E-state index contributed by atoms with van der Waals surface area (Å²) in [5.41, 5.74) is 2.91. The number of carbonyl (C=O) groups excluding carboxylic acids is 2. The number of ether oxygens (including phenoxy) is 2. The quantitative estimate of drug-likeness (QED) is 0.720. The molecule has 1 unspecified atom stereocenters. The zero-order valence-corrected chi connectivity index (χ0v) is 16.2. The second kappa shape index (κ2) is 8.57. The molecule has 146 valence electrons. The molecule has 0 aliphatic heterocycles. The monoisotopic (exact) mass is 375 g/mol. The van der Waals surface area contributed by atoms with Gasteiger partial charge in [-0.2, -0.15) is 5.10 Å². The molecule has 1 amide bonds. The number of benzene rings is 1. The highest BCUT2D eigenvalue weighted by atomic mass is 16.5. The van der Waals surface area contributed by atoms with Crippen molar-refractivity contribution in [1.82, 2.24) is 9.78 Å². The molecule has 2 N–H and O–H groups in total. The predicted octanol–water partition coefficient (Wildman–Crippen LogP) is 2.25. The maximum absolute atomic E-state index is 12.3. The van der Waals surface area contributed by atoms with E-state index in [9.17, 15) is 14.7 Å². The largest absolute Gasteiger partial charge is 0.504 e. The number of phenolic OH excluding ortho intramolecular Hbond substituents is 1. The fourth-order valence-corrected chi connectivity index (χ4v) is 2.63. The molecular formula is C19H25N3O5. The number of amides is 1. The molecule has 2 aromatic rings. The highest BCUT2D eigenvalue weighted by molar-refractivity contribution is 5.96. The van der Waals surface area contributed by atoms with Crippen LogP contribution in [0.1, 0.15) is 30.3 Å². The lowest BCUT2D eigenvalue weighted by atomic mass is 10.1. The molecular weight excluding hydrogens is 350 g/mol. The van der Waals surface area contributed by atoms with Gasteiger partial charge in [0.1, 0.15) is 0 Å². The Bertz CT molecular complexity index is 844. The third-order valence-corrected chi connectivity index (χ3v) is 4.30. The number of hydrogen-bond donors (Lipinski definition) is 2. The number of phenols is 1. The third-order valence-electron chi connectivity index (χ3n) is 4.30. The minimum absolute atomic E-state index is 0.0123. The maximum atomic E-state index is 12.3. The van der Waals surface area contributed by atoms with Crippen LogP contribution < -0.4 is 10.1 Å². The maximum Gasteiger partial charge on any atom is 0.306 e. The van der Waals surface area contributed by atoms with Gasteiger partial charge in [-0.1, -0.05) is 6.07 Å². The summed E-state index contributed by atoms with van der Waals surface area (Å²) in [6.07, 6.45) is -0.458. The average molecular weight is 375 g/mol. The van der Waals surface area contributed by atoms with Crippen molar-refractivity contribution in [3.8, 4) is 11.5 Å². The van der Waals surface area contributed by atoms with Crippen LogP contribution in [0, 0.1) is 13.8 Å². The van der Waals surface area contributed by atoms with E-state index in [1.54, 1.807) is 30.8 Å². The second-order valence-corrected chi connectivity index (χ2v) is 6.30. The summed E-state index contributed by atoms with van der Waals surface area (Å²) in [5.74, 6) is -0.525. The van der Waals surface area contributed by atoms with E-state index in [4.69, 9.17) is 9.47 Å². The fraction of sp³-hybridized carbons (Fsp3) is 0.421. The molecule has 27 heavy (non-hydrogen) atoms. The average Bonchev–Trinajstić information content (AvgIpc) is 2.86. The summed E-state index contributed by atoms with van der Waals surface area (Å²) in [5, 5.41) is 16.7. The Morgan fingerprint density at radius 2 is 2.04 bits per heavy atom. The minimum Gasteiger partial charge on any atom is -0.504 e. The summed E-state index contributed by atoms with van der Waals surface area (Å²) in [6.45, 7) is 5.16. The highest BCUT2D eigenvalue weighted by Crippen LogP contribution is 2.26. The van der Waals surface area contributed by atoms with Crippen molar-refractivity contribution in [3.63, 3.8) is 0 Å². The molecule has 1 aromatic carbocycles. The molecule has 8 nitrogen and oxygen atoms in total. The van der Waals surface area contributed by atoms with Crippen molar-refractivity contribution in [2.75, 3.05) is 12.4 Å². The van der Waals surface area contributed by atoms with E-state index >= 15 is 0 Å². The molecule has 1 atom stereocenters. The Hall–Kier alpha value is -3.03.